The Balaban J connectivity index is 1.41. The van der Waals surface area contributed by atoms with Gasteiger partial charge >= 0.3 is 5.97 Å². The molecule has 0 spiro atoms. The van der Waals surface area contributed by atoms with E-state index < -0.39 is 21.7 Å². The molecule has 0 aromatic heterocycles. The fraction of sp³-hybridized carbons (Fsp3) is 0.231. The molecule has 2 N–H and O–H groups in total. The number of ether oxygens (including phenoxy) is 1. The number of aliphatic imine (C=N–C) groups is 1. The molecule has 3 aromatic carbocycles. The highest BCUT2D eigenvalue weighted by Crippen LogP contribution is 2.27. The standard InChI is InChI=1S/C26H25FN2O5S2/c27-23-11-6-18(14-24(23)29-26-28-12-13-35-26)16-34-21-7-9-22(10-8-21)36(32,33)17-20(15-25(30)31)19-4-2-1-3-5-19/h1-11,14,20H,12-13,15-17H2,(H,28,29)(H,30,31). The number of rotatable bonds is 10. The zero-order valence-electron chi connectivity index (χ0n) is 19.3. The van der Waals surface area contributed by atoms with Crippen molar-refractivity contribution in [3.8, 4) is 5.75 Å². The summed E-state index contributed by atoms with van der Waals surface area (Å²) in [6.45, 7) is 0.866. The number of carboxylic acids is 1. The van der Waals surface area contributed by atoms with Crippen LogP contribution in [0.4, 0.5) is 10.1 Å². The number of carbonyl (C=O) groups is 1. The van der Waals surface area contributed by atoms with Crippen molar-refractivity contribution in [2.24, 2.45) is 4.99 Å². The molecule has 0 amide bonds. The van der Waals surface area contributed by atoms with Crippen LogP contribution < -0.4 is 10.1 Å². The summed E-state index contributed by atoms with van der Waals surface area (Å²) in [5.74, 6) is -1.12. The lowest BCUT2D eigenvalue weighted by molar-refractivity contribution is -0.137. The van der Waals surface area contributed by atoms with Crippen LogP contribution >= 0.6 is 11.8 Å². The first-order chi connectivity index (χ1) is 17.3. The molecule has 0 saturated carbocycles. The average molecular weight is 529 g/mol. The van der Waals surface area contributed by atoms with Gasteiger partial charge in [-0.25, -0.2) is 12.8 Å². The second kappa shape index (κ2) is 11.6. The largest absolute Gasteiger partial charge is 0.489 e. The molecule has 1 aliphatic heterocycles. The van der Waals surface area contributed by atoms with E-state index in [0.29, 0.717) is 28.7 Å². The summed E-state index contributed by atoms with van der Waals surface area (Å²) >= 11 is 1.53. The van der Waals surface area contributed by atoms with Gasteiger partial charge in [0.05, 0.1) is 29.3 Å². The topological polar surface area (TPSA) is 105 Å². The summed E-state index contributed by atoms with van der Waals surface area (Å²) in [5, 5.41) is 12.9. The van der Waals surface area contributed by atoms with Crippen LogP contribution in [0.5, 0.6) is 5.75 Å². The van der Waals surface area contributed by atoms with Crippen LogP contribution in [0.1, 0.15) is 23.5 Å². The molecule has 0 bridgehead atoms. The van der Waals surface area contributed by atoms with Gasteiger partial charge in [0.15, 0.2) is 15.0 Å². The van der Waals surface area contributed by atoms with Crippen molar-refractivity contribution in [1.82, 2.24) is 0 Å². The van der Waals surface area contributed by atoms with Crippen molar-refractivity contribution in [3.05, 3.63) is 89.7 Å². The molecule has 36 heavy (non-hydrogen) atoms. The molecular formula is C26H25FN2O5S2. The highest BCUT2D eigenvalue weighted by molar-refractivity contribution is 8.14. The normalized spacial score (nSPS) is 14.2. The first-order valence-electron chi connectivity index (χ1n) is 11.3. The summed E-state index contributed by atoms with van der Waals surface area (Å²) in [6, 6.07) is 19.4. The van der Waals surface area contributed by atoms with Gasteiger partial charge in [-0.05, 0) is 47.5 Å². The first-order valence-corrected chi connectivity index (χ1v) is 13.9. The lowest BCUT2D eigenvalue weighted by Gasteiger charge is -2.16. The van der Waals surface area contributed by atoms with Crippen molar-refractivity contribution < 1.29 is 27.4 Å². The zero-order chi connectivity index (χ0) is 25.5. The van der Waals surface area contributed by atoms with E-state index in [0.717, 1.165) is 11.3 Å². The molecule has 10 heteroatoms. The van der Waals surface area contributed by atoms with E-state index in [2.05, 4.69) is 10.3 Å². The number of amidine groups is 1. The maximum atomic E-state index is 14.2. The quantitative estimate of drug-likeness (QED) is 0.384. The molecule has 0 saturated heterocycles. The Morgan fingerprint density at radius 2 is 1.86 bits per heavy atom. The van der Waals surface area contributed by atoms with Gasteiger partial charge in [-0.2, -0.15) is 0 Å². The van der Waals surface area contributed by atoms with Crippen molar-refractivity contribution in [3.63, 3.8) is 0 Å². The second-order valence-electron chi connectivity index (χ2n) is 8.22. The Bertz CT molecular complexity index is 1350. The minimum absolute atomic E-state index is 0.0873. The van der Waals surface area contributed by atoms with Crippen molar-refractivity contribution >= 4 is 38.4 Å². The van der Waals surface area contributed by atoms with E-state index in [-0.39, 0.29) is 29.5 Å². The molecule has 1 atom stereocenters. The number of anilines is 1. The number of nitrogens with zero attached hydrogens (tertiary/aromatic N) is 1. The third-order valence-corrected chi connectivity index (χ3v) is 8.28. The molecule has 7 nitrogen and oxygen atoms in total. The predicted molar refractivity (Wildman–Crippen MR) is 139 cm³/mol. The Kier molecular flexibility index (Phi) is 8.27. The number of hydrogen-bond donors (Lipinski definition) is 2. The summed E-state index contributed by atoms with van der Waals surface area (Å²) < 4.78 is 45.9. The van der Waals surface area contributed by atoms with E-state index in [9.17, 15) is 22.7 Å². The van der Waals surface area contributed by atoms with E-state index in [4.69, 9.17) is 4.74 Å². The molecule has 0 fully saturated rings. The minimum Gasteiger partial charge on any atom is -0.489 e. The Labute approximate surface area is 213 Å². The lowest BCUT2D eigenvalue weighted by atomic mass is 9.98. The second-order valence-corrected chi connectivity index (χ2v) is 11.3. The number of sulfone groups is 1. The van der Waals surface area contributed by atoms with Gasteiger partial charge in [0.2, 0.25) is 0 Å². The molecular weight excluding hydrogens is 503 g/mol. The lowest BCUT2D eigenvalue weighted by Crippen LogP contribution is -2.18. The van der Waals surface area contributed by atoms with Gasteiger partial charge in [0.25, 0.3) is 0 Å². The minimum atomic E-state index is -3.74. The third-order valence-electron chi connectivity index (χ3n) is 5.56. The summed E-state index contributed by atoms with van der Waals surface area (Å²) in [5.41, 5.74) is 1.72. The number of nitrogens with one attached hydrogen (secondary N) is 1. The van der Waals surface area contributed by atoms with E-state index in [1.165, 1.54) is 30.0 Å². The maximum Gasteiger partial charge on any atom is 0.303 e. The van der Waals surface area contributed by atoms with Gasteiger partial charge < -0.3 is 15.2 Å². The third kappa shape index (κ3) is 6.86. The molecule has 1 unspecified atom stereocenters. The van der Waals surface area contributed by atoms with Crippen LogP contribution in [0, 0.1) is 5.82 Å². The molecule has 1 heterocycles. The van der Waals surface area contributed by atoms with Crippen LogP contribution in [-0.2, 0) is 21.2 Å². The van der Waals surface area contributed by atoms with Gasteiger partial charge in [0.1, 0.15) is 18.2 Å². The zero-order valence-corrected chi connectivity index (χ0v) is 20.9. The van der Waals surface area contributed by atoms with Gasteiger partial charge in [-0.1, -0.05) is 48.2 Å². The number of hydrogen-bond acceptors (Lipinski definition) is 7. The van der Waals surface area contributed by atoms with Gasteiger partial charge in [-0.15, -0.1) is 0 Å². The molecule has 4 rings (SSSR count). The Morgan fingerprint density at radius 3 is 2.53 bits per heavy atom. The van der Waals surface area contributed by atoms with Crippen LogP contribution in [0.15, 0.2) is 82.7 Å². The first kappa shape index (κ1) is 25.7. The van der Waals surface area contributed by atoms with Crippen LogP contribution in [0.25, 0.3) is 0 Å². The molecule has 188 valence electrons. The van der Waals surface area contributed by atoms with Crippen molar-refractivity contribution in [2.75, 3.05) is 23.4 Å². The predicted octanol–water partition coefficient (Wildman–Crippen LogP) is 4.95. The fourth-order valence-corrected chi connectivity index (χ4v) is 6.09. The average Bonchev–Trinajstić information content (AvgIpc) is 3.38. The molecule has 0 aliphatic carbocycles. The number of benzene rings is 3. The van der Waals surface area contributed by atoms with E-state index in [1.807, 2.05) is 0 Å². The highest BCUT2D eigenvalue weighted by atomic mass is 32.2. The van der Waals surface area contributed by atoms with Gasteiger partial charge in [0, 0.05) is 11.7 Å². The number of aliphatic carboxylic acids is 1. The molecule has 0 radical (unpaired) electrons. The highest BCUT2D eigenvalue weighted by Gasteiger charge is 2.25. The van der Waals surface area contributed by atoms with Crippen LogP contribution in [0.2, 0.25) is 0 Å². The smallest absolute Gasteiger partial charge is 0.303 e. The summed E-state index contributed by atoms with van der Waals surface area (Å²) in [6.07, 6.45) is -0.287. The van der Waals surface area contributed by atoms with Crippen molar-refractivity contribution in [2.45, 2.75) is 23.8 Å². The van der Waals surface area contributed by atoms with Gasteiger partial charge in [-0.3, -0.25) is 9.79 Å². The SMILES string of the molecule is O=C(O)CC(CS(=O)(=O)c1ccc(OCc2ccc(F)c(NC3=NCCS3)c2)cc1)c1ccccc1. The van der Waals surface area contributed by atoms with Crippen LogP contribution in [-0.4, -0.2) is 42.7 Å². The Morgan fingerprint density at radius 1 is 1.11 bits per heavy atom. The fourth-order valence-electron chi connectivity index (χ4n) is 3.76. The number of thioether (sulfide) groups is 1. The summed E-state index contributed by atoms with van der Waals surface area (Å²) in [4.78, 5) is 15.7. The Hall–Kier alpha value is -3.37. The molecule has 3 aromatic rings. The van der Waals surface area contributed by atoms with Crippen molar-refractivity contribution in [1.29, 1.82) is 0 Å². The van der Waals surface area contributed by atoms with E-state index >= 15 is 0 Å². The number of carboxylic acid groups (broad SMARTS) is 1. The number of halogens is 1. The maximum absolute atomic E-state index is 14.2. The van der Waals surface area contributed by atoms with E-state index in [1.54, 1.807) is 54.6 Å². The van der Waals surface area contributed by atoms with Crippen LogP contribution in [0.3, 0.4) is 0 Å². The molecule has 1 aliphatic rings. The summed E-state index contributed by atoms with van der Waals surface area (Å²) in [7, 11) is -3.74. The monoisotopic (exact) mass is 528 g/mol.